The fraction of sp³-hybridized carbons (Fsp3) is 0.484. The van der Waals surface area contributed by atoms with Crippen molar-refractivity contribution in [2.24, 2.45) is 11.8 Å². The first-order chi connectivity index (χ1) is 19.7. The second-order valence-electron chi connectivity index (χ2n) is 13.2. The lowest BCUT2D eigenvalue weighted by Gasteiger charge is -2.34. The van der Waals surface area contributed by atoms with Crippen LogP contribution in [0.1, 0.15) is 87.7 Å². The van der Waals surface area contributed by atoms with Crippen molar-refractivity contribution in [2.45, 2.75) is 83.0 Å². The minimum Gasteiger partial charge on any atom is -0.392 e. The van der Waals surface area contributed by atoms with Crippen LogP contribution >= 0.6 is 0 Å². The summed E-state index contributed by atoms with van der Waals surface area (Å²) in [5.74, 6) is 0.598. The fourth-order valence-electron chi connectivity index (χ4n) is 5.91. The SMILES string of the molecule is C[C@H]1CC(c2ccc(CO)cn2)Nc2cccc(n2)S(=O)(=O)NC(=O)c2ccc(C(C)(C)C)nc2N2C[C@@H]1CC2(C)C. The van der Waals surface area contributed by atoms with Crippen molar-refractivity contribution in [3.05, 3.63) is 71.2 Å². The van der Waals surface area contributed by atoms with Gasteiger partial charge in [0.2, 0.25) is 0 Å². The minimum atomic E-state index is -4.29. The average Bonchev–Trinajstić information content (AvgIpc) is 3.26. The van der Waals surface area contributed by atoms with Gasteiger partial charge in [0.25, 0.3) is 15.9 Å². The molecule has 1 saturated heterocycles. The van der Waals surface area contributed by atoms with Gasteiger partial charge in [-0.2, -0.15) is 8.42 Å². The van der Waals surface area contributed by atoms with Crippen LogP contribution in [0.15, 0.2) is 53.7 Å². The lowest BCUT2D eigenvalue weighted by Crippen LogP contribution is -2.41. The van der Waals surface area contributed by atoms with E-state index in [1.807, 2.05) is 12.1 Å². The van der Waals surface area contributed by atoms with Gasteiger partial charge in [-0.05, 0) is 74.4 Å². The van der Waals surface area contributed by atoms with E-state index in [0.717, 1.165) is 17.8 Å². The predicted octanol–water partition coefficient (Wildman–Crippen LogP) is 4.58. The molecule has 3 aromatic rings. The first kappa shape index (κ1) is 29.9. The van der Waals surface area contributed by atoms with E-state index in [2.05, 4.69) is 66.4 Å². The second-order valence-corrected chi connectivity index (χ2v) is 14.8. The number of hydrogen-bond acceptors (Lipinski definition) is 9. The van der Waals surface area contributed by atoms with E-state index in [1.165, 1.54) is 6.07 Å². The van der Waals surface area contributed by atoms with Crippen molar-refractivity contribution in [2.75, 3.05) is 16.8 Å². The summed E-state index contributed by atoms with van der Waals surface area (Å²) in [6, 6.07) is 11.6. The molecule has 1 amide bonds. The highest BCUT2D eigenvalue weighted by Gasteiger charge is 2.43. The number of amides is 1. The number of carbonyl (C=O) groups is 1. The number of fused-ring (bicyclic) bond motifs is 6. The Morgan fingerprint density at radius 1 is 1.10 bits per heavy atom. The van der Waals surface area contributed by atoms with Gasteiger partial charge in [0.15, 0.2) is 5.03 Å². The van der Waals surface area contributed by atoms with Crippen LogP contribution in [0.5, 0.6) is 0 Å². The predicted molar refractivity (Wildman–Crippen MR) is 162 cm³/mol. The number of aliphatic hydroxyl groups is 1. The zero-order chi connectivity index (χ0) is 30.4. The van der Waals surface area contributed by atoms with Gasteiger partial charge in [-0.25, -0.2) is 14.7 Å². The molecule has 3 aromatic heterocycles. The number of nitrogens with one attached hydrogen (secondary N) is 2. The Kier molecular flexibility index (Phi) is 7.78. The summed E-state index contributed by atoms with van der Waals surface area (Å²) >= 11 is 0. The molecule has 2 aliphatic heterocycles. The third-order valence-electron chi connectivity index (χ3n) is 8.40. The summed E-state index contributed by atoms with van der Waals surface area (Å²) < 4.78 is 29.1. The van der Waals surface area contributed by atoms with Crippen LogP contribution in [-0.4, -0.2) is 46.5 Å². The zero-order valence-electron chi connectivity index (χ0n) is 25.0. The first-order valence-corrected chi connectivity index (χ1v) is 15.8. The van der Waals surface area contributed by atoms with Crippen LogP contribution < -0.4 is 14.9 Å². The highest BCUT2D eigenvalue weighted by molar-refractivity contribution is 7.90. The monoisotopic (exact) mass is 592 g/mol. The number of aliphatic hydroxyl groups excluding tert-OH is 1. The summed E-state index contributed by atoms with van der Waals surface area (Å²) in [7, 11) is -4.29. The molecular formula is C31H40N6O4S. The molecule has 2 aliphatic rings. The maximum Gasteiger partial charge on any atom is 0.281 e. The number of carbonyl (C=O) groups excluding carboxylic acids is 1. The van der Waals surface area contributed by atoms with E-state index >= 15 is 0 Å². The summed E-state index contributed by atoms with van der Waals surface area (Å²) in [6.07, 6.45) is 3.22. The highest BCUT2D eigenvalue weighted by Crippen LogP contribution is 2.43. The maximum absolute atomic E-state index is 13.6. The summed E-state index contributed by atoms with van der Waals surface area (Å²) in [4.78, 5) is 29.8. The molecule has 1 fully saturated rings. The summed E-state index contributed by atoms with van der Waals surface area (Å²) in [5.41, 5.74) is 1.90. The third-order valence-corrected chi connectivity index (χ3v) is 9.63. The molecule has 11 heteroatoms. The number of nitrogens with zero attached hydrogens (tertiary/aromatic N) is 4. The van der Waals surface area contributed by atoms with Gasteiger partial charge >= 0.3 is 0 Å². The Morgan fingerprint density at radius 2 is 1.86 bits per heavy atom. The topological polar surface area (TPSA) is 137 Å². The van der Waals surface area contributed by atoms with Gasteiger partial charge in [-0.1, -0.05) is 39.8 Å². The van der Waals surface area contributed by atoms with Crippen molar-refractivity contribution in [1.29, 1.82) is 0 Å². The minimum absolute atomic E-state index is 0.103. The molecule has 42 heavy (non-hydrogen) atoms. The second kappa shape index (κ2) is 10.9. The van der Waals surface area contributed by atoms with Crippen LogP contribution in [0.2, 0.25) is 0 Å². The van der Waals surface area contributed by atoms with Crippen molar-refractivity contribution in [3.8, 4) is 0 Å². The lowest BCUT2D eigenvalue weighted by atomic mass is 9.83. The molecule has 5 heterocycles. The van der Waals surface area contributed by atoms with Crippen molar-refractivity contribution < 1.29 is 18.3 Å². The Labute approximate surface area is 248 Å². The molecule has 5 rings (SSSR count). The Balaban J connectivity index is 1.64. The largest absolute Gasteiger partial charge is 0.392 e. The molecule has 0 radical (unpaired) electrons. The van der Waals surface area contributed by atoms with Crippen molar-refractivity contribution >= 4 is 27.6 Å². The molecular weight excluding hydrogens is 552 g/mol. The molecule has 224 valence electrons. The molecule has 3 N–H and O–H groups in total. The number of rotatable bonds is 2. The van der Waals surface area contributed by atoms with Crippen molar-refractivity contribution in [3.63, 3.8) is 0 Å². The smallest absolute Gasteiger partial charge is 0.281 e. The number of aromatic nitrogens is 3. The van der Waals surface area contributed by atoms with Crippen LogP contribution in [0.25, 0.3) is 0 Å². The van der Waals surface area contributed by atoms with Crippen LogP contribution in [0.3, 0.4) is 0 Å². The Morgan fingerprint density at radius 3 is 2.52 bits per heavy atom. The standard InChI is InChI=1S/C31H40N6O4S/c1-19-14-24(23-12-10-20(18-38)16-32-23)33-26-8-7-9-27(35-26)42(40,41)36-29(39)22-11-13-25(30(2,3)4)34-28(22)37-17-21(19)15-31(37,5)6/h7-13,16,19,21,24,38H,14-15,17-18H2,1-6H3,(H,33,35)(H,36,39)/t19-,21-,24?/m0/s1. The normalized spacial score (nSPS) is 23.6. The van der Waals surface area contributed by atoms with E-state index in [9.17, 15) is 18.3 Å². The first-order valence-electron chi connectivity index (χ1n) is 14.3. The summed E-state index contributed by atoms with van der Waals surface area (Å²) in [5, 5.41) is 12.6. The Bertz CT molecular complexity index is 1580. The van der Waals surface area contributed by atoms with Gasteiger partial charge in [-0.3, -0.25) is 9.78 Å². The fourth-order valence-corrected chi connectivity index (χ4v) is 6.84. The number of pyridine rings is 3. The van der Waals surface area contributed by atoms with Gasteiger partial charge in [0.05, 0.1) is 23.9 Å². The zero-order valence-corrected chi connectivity index (χ0v) is 25.9. The number of hydrogen-bond donors (Lipinski definition) is 3. The quantitative estimate of drug-likeness (QED) is 0.390. The van der Waals surface area contributed by atoms with Gasteiger partial charge in [0.1, 0.15) is 11.6 Å². The number of anilines is 2. The van der Waals surface area contributed by atoms with Crippen molar-refractivity contribution in [1.82, 2.24) is 19.7 Å². The average molecular weight is 593 g/mol. The van der Waals surface area contributed by atoms with Crippen LogP contribution in [-0.2, 0) is 22.0 Å². The van der Waals surface area contributed by atoms with Crippen LogP contribution in [0, 0.1) is 11.8 Å². The lowest BCUT2D eigenvalue weighted by molar-refractivity contribution is 0.0981. The third kappa shape index (κ3) is 5.98. The van der Waals surface area contributed by atoms with E-state index in [4.69, 9.17) is 4.98 Å². The molecule has 0 aliphatic carbocycles. The molecule has 10 nitrogen and oxygen atoms in total. The van der Waals surface area contributed by atoms with Gasteiger partial charge in [0, 0.05) is 29.4 Å². The molecule has 1 unspecified atom stereocenters. The molecule has 0 spiro atoms. The van der Waals surface area contributed by atoms with Gasteiger partial charge in [-0.15, -0.1) is 0 Å². The number of sulfonamides is 1. The summed E-state index contributed by atoms with van der Waals surface area (Å²) in [6.45, 7) is 13.3. The van der Waals surface area contributed by atoms with E-state index in [0.29, 0.717) is 30.2 Å². The molecule has 4 bridgehead atoms. The van der Waals surface area contributed by atoms with E-state index < -0.39 is 15.9 Å². The highest BCUT2D eigenvalue weighted by atomic mass is 32.2. The van der Waals surface area contributed by atoms with E-state index in [-0.39, 0.29) is 46.0 Å². The molecule has 3 atom stereocenters. The Hall–Kier alpha value is -3.57. The molecule has 0 saturated carbocycles. The van der Waals surface area contributed by atoms with E-state index in [1.54, 1.807) is 30.5 Å². The molecule has 0 aromatic carbocycles. The maximum atomic E-state index is 13.6. The van der Waals surface area contributed by atoms with Gasteiger partial charge < -0.3 is 15.3 Å². The van der Waals surface area contributed by atoms with Crippen LogP contribution in [0.4, 0.5) is 11.6 Å².